The average molecular weight is 278 g/mol. The molecule has 0 aliphatic rings. The largest absolute Gasteiger partial charge is 0.504 e. The van der Waals surface area contributed by atoms with Crippen molar-refractivity contribution in [2.75, 3.05) is 4.61 Å². The first-order valence-corrected chi connectivity index (χ1v) is 4.77. The van der Waals surface area contributed by atoms with Crippen molar-refractivity contribution in [3.05, 3.63) is 23.8 Å². The summed E-state index contributed by atoms with van der Waals surface area (Å²) in [6.45, 7) is 0. The number of halogens is 1. The number of rotatable bonds is 3. The van der Waals surface area contributed by atoms with Gasteiger partial charge in [-0.1, -0.05) is 0 Å². The first-order chi connectivity index (χ1) is 5.77. The Morgan fingerprint density at radius 2 is 2.33 bits per heavy atom. The Morgan fingerprint density at radius 1 is 1.58 bits per heavy atom. The molecule has 0 amide bonds. The van der Waals surface area contributed by atoms with Gasteiger partial charge in [0, 0.05) is 5.56 Å². The van der Waals surface area contributed by atoms with E-state index in [0.717, 1.165) is 0 Å². The lowest BCUT2D eigenvalue weighted by Gasteiger charge is -2.04. The van der Waals surface area contributed by atoms with Gasteiger partial charge in [0.15, 0.2) is 11.5 Å². The minimum absolute atomic E-state index is 0.0530. The molecule has 0 atom stereocenters. The summed E-state index contributed by atoms with van der Waals surface area (Å²) in [4.78, 5) is 10.3. The van der Waals surface area contributed by atoms with E-state index in [0.29, 0.717) is 22.2 Å². The number of carbonyl (C=O) groups excluding carboxylic acids is 1. The summed E-state index contributed by atoms with van der Waals surface area (Å²) in [6.07, 6.45) is 0.708. The Bertz CT molecular complexity index is 286. The maximum atomic E-state index is 10.3. The quantitative estimate of drug-likeness (QED) is 0.522. The second kappa shape index (κ2) is 4.30. The summed E-state index contributed by atoms with van der Waals surface area (Å²) < 4.78 is 5.50. The molecule has 1 aromatic carbocycles. The van der Waals surface area contributed by atoms with Crippen LogP contribution in [-0.4, -0.2) is 16.0 Å². The summed E-state index contributed by atoms with van der Waals surface area (Å²) in [5.41, 5.74) is 0.493. The van der Waals surface area contributed by atoms with Gasteiger partial charge in [-0.3, -0.25) is 4.79 Å². The highest BCUT2D eigenvalue weighted by Gasteiger charge is 2.01. The molecule has 4 heteroatoms. The summed E-state index contributed by atoms with van der Waals surface area (Å²) in [5.74, 6) is 0.395. The Morgan fingerprint density at radius 3 is 2.92 bits per heavy atom. The summed E-state index contributed by atoms with van der Waals surface area (Å²) >= 11 is 2.01. The number of hydrogen-bond donors (Lipinski definition) is 1. The van der Waals surface area contributed by atoms with Crippen molar-refractivity contribution in [1.29, 1.82) is 0 Å². The normalized spacial score (nSPS) is 9.42. The fourth-order valence-corrected chi connectivity index (χ4v) is 1.11. The van der Waals surface area contributed by atoms with Gasteiger partial charge in [0.1, 0.15) is 10.9 Å². The number of carbonyl (C=O) groups is 1. The molecule has 1 rings (SSSR count). The zero-order valence-corrected chi connectivity index (χ0v) is 8.32. The zero-order chi connectivity index (χ0) is 8.97. The monoisotopic (exact) mass is 278 g/mol. The SMILES string of the molecule is O=Cc1ccc(O)c(OCI)c1. The average Bonchev–Trinajstić information content (AvgIpc) is 2.09. The lowest BCUT2D eigenvalue weighted by atomic mass is 10.2. The van der Waals surface area contributed by atoms with Crippen molar-refractivity contribution in [1.82, 2.24) is 0 Å². The van der Waals surface area contributed by atoms with E-state index in [1.807, 2.05) is 22.6 Å². The Balaban J connectivity index is 2.99. The van der Waals surface area contributed by atoms with E-state index < -0.39 is 0 Å². The number of alkyl halides is 1. The third kappa shape index (κ3) is 2.10. The van der Waals surface area contributed by atoms with E-state index in [1.165, 1.54) is 18.2 Å². The van der Waals surface area contributed by atoms with Crippen molar-refractivity contribution in [3.8, 4) is 11.5 Å². The van der Waals surface area contributed by atoms with Crippen LogP contribution in [0.15, 0.2) is 18.2 Å². The highest BCUT2D eigenvalue weighted by molar-refractivity contribution is 14.1. The molecule has 3 nitrogen and oxygen atoms in total. The lowest BCUT2D eigenvalue weighted by Crippen LogP contribution is -1.90. The third-order valence-corrected chi connectivity index (χ3v) is 1.64. The minimum atomic E-state index is 0.0530. The summed E-state index contributed by atoms with van der Waals surface area (Å²) in [7, 11) is 0. The summed E-state index contributed by atoms with van der Waals surface area (Å²) in [6, 6.07) is 4.47. The predicted octanol–water partition coefficient (Wildman–Crippen LogP) is 1.98. The van der Waals surface area contributed by atoms with E-state index in [-0.39, 0.29) is 5.75 Å². The Kier molecular flexibility index (Phi) is 3.33. The second-order valence-corrected chi connectivity index (χ2v) is 2.72. The fourth-order valence-electron chi connectivity index (χ4n) is 0.778. The van der Waals surface area contributed by atoms with Gasteiger partial charge in [-0.15, -0.1) is 0 Å². The van der Waals surface area contributed by atoms with Gasteiger partial charge >= 0.3 is 0 Å². The van der Waals surface area contributed by atoms with Crippen LogP contribution in [0.2, 0.25) is 0 Å². The Labute approximate surface area is 83.5 Å². The maximum absolute atomic E-state index is 10.3. The number of ether oxygens (including phenoxy) is 1. The first kappa shape index (κ1) is 9.31. The second-order valence-electron chi connectivity index (χ2n) is 2.10. The van der Waals surface area contributed by atoms with Crippen LogP contribution < -0.4 is 4.74 Å². The van der Waals surface area contributed by atoms with Crippen molar-refractivity contribution < 1.29 is 14.6 Å². The standard InChI is InChI=1S/C8H7IO3/c9-5-12-8-3-6(4-10)1-2-7(8)11/h1-4,11H,5H2. The summed E-state index contributed by atoms with van der Waals surface area (Å²) in [5, 5.41) is 9.22. The predicted molar refractivity (Wildman–Crippen MR) is 53.0 cm³/mol. The molecule has 0 aliphatic carbocycles. The minimum Gasteiger partial charge on any atom is -0.504 e. The molecule has 0 aromatic heterocycles. The number of benzene rings is 1. The van der Waals surface area contributed by atoms with Crippen LogP contribution in [0.1, 0.15) is 10.4 Å². The molecule has 0 bridgehead atoms. The molecule has 0 saturated heterocycles. The van der Waals surface area contributed by atoms with Crippen molar-refractivity contribution in [2.45, 2.75) is 0 Å². The highest BCUT2D eigenvalue weighted by atomic mass is 127. The molecule has 0 aliphatic heterocycles. The molecule has 64 valence electrons. The van der Waals surface area contributed by atoms with Gasteiger partial charge < -0.3 is 9.84 Å². The van der Waals surface area contributed by atoms with E-state index in [4.69, 9.17) is 4.74 Å². The Hall–Kier alpha value is -0.780. The fraction of sp³-hybridized carbons (Fsp3) is 0.125. The first-order valence-electron chi connectivity index (χ1n) is 3.25. The van der Waals surface area contributed by atoms with E-state index in [1.54, 1.807) is 0 Å². The molecule has 0 unspecified atom stereocenters. The van der Waals surface area contributed by atoms with Crippen LogP contribution in [0.4, 0.5) is 0 Å². The van der Waals surface area contributed by atoms with Gasteiger partial charge in [-0.25, -0.2) is 0 Å². The van der Waals surface area contributed by atoms with Crippen LogP contribution in [0.5, 0.6) is 11.5 Å². The van der Waals surface area contributed by atoms with E-state index in [2.05, 4.69) is 0 Å². The molecule has 1 aromatic rings. The van der Waals surface area contributed by atoms with Crippen molar-refractivity contribution in [2.24, 2.45) is 0 Å². The number of aromatic hydroxyl groups is 1. The topological polar surface area (TPSA) is 46.5 Å². The van der Waals surface area contributed by atoms with Gasteiger partial charge in [-0.2, -0.15) is 0 Å². The molecule has 0 radical (unpaired) electrons. The number of phenols is 1. The van der Waals surface area contributed by atoms with Crippen molar-refractivity contribution >= 4 is 28.9 Å². The number of phenolic OH excluding ortho intramolecular Hbond substituents is 1. The molecule has 0 heterocycles. The number of aldehydes is 1. The molecular formula is C8H7IO3. The third-order valence-electron chi connectivity index (χ3n) is 1.33. The molecule has 12 heavy (non-hydrogen) atoms. The van der Waals surface area contributed by atoms with Crippen LogP contribution >= 0.6 is 22.6 Å². The smallest absolute Gasteiger partial charge is 0.162 e. The van der Waals surface area contributed by atoms with Crippen LogP contribution in [0.3, 0.4) is 0 Å². The van der Waals surface area contributed by atoms with Gasteiger partial charge in [-0.05, 0) is 40.8 Å². The molecule has 1 N–H and O–H groups in total. The highest BCUT2D eigenvalue weighted by Crippen LogP contribution is 2.26. The maximum Gasteiger partial charge on any atom is 0.162 e. The molecule has 0 spiro atoms. The lowest BCUT2D eigenvalue weighted by molar-refractivity contribution is 0.112. The van der Waals surface area contributed by atoms with Gasteiger partial charge in [0.05, 0.1) is 0 Å². The molecular weight excluding hydrogens is 271 g/mol. The molecule has 0 fully saturated rings. The van der Waals surface area contributed by atoms with E-state index >= 15 is 0 Å². The van der Waals surface area contributed by atoms with Gasteiger partial charge in [0.25, 0.3) is 0 Å². The van der Waals surface area contributed by atoms with Crippen LogP contribution in [-0.2, 0) is 0 Å². The molecule has 0 saturated carbocycles. The van der Waals surface area contributed by atoms with Crippen molar-refractivity contribution in [3.63, 3.8) is 0 Å². The zero-order valence-electron chi connectivity index (χ0n) is 6.16. The van der Waals surface area contributed by atoms with Gasteiger partial charge in [0.2, 0.25) is 0 Å². The van der Waals surface area contributed by atoms with E-state index in [9.17, 15) is 9.90 Å². The van der Waals surface area contributed by atoms with Crippen LogP contribution in [0.25, 0.3) is 0 Å². The number of hydrogen-bond acceptors (Lipinski definition) is 3. The van der Waals surface area contributed by atoms with Crippen LogP contribution in [0, 0.1) is 0 Å².